The summed E-state index contributed by atoms with van der Waals surface area (Å²) < 4.78 is 13.2. The first-order chi connectivity index (χ1) is 7.54. The van der Waals surface area contributed by atoms with Gasteiger partial charge in [-0.1, -0.05) is 18.5 Å². The number of nitrogens with two attached hydrogens (primary N) is 1. The minimum atomic E-state index is -0.448. The molecule has 5 heteroatoms. The van der Waals surface area contributed by atoms with Crippen molar-refractivity contribution in [1.29, 1.82) is 0 Å². The molecule has 0 aliphatic carbocycles. The largest absolute Gasteiger partial charge is 0.397 e. The first kappa shape index (κ1) is 13.5. The molecule has 0 radical (unpaired) electrons. The lowest BCUT2D eigenvalue weighted by Crippen LogP contribution is -2.14. The SMILES string of the molecule is CSCC(C)CNc1cc(F)c(Cl)cc1N. The maximum atomic E-state index is 13.2. The van der Waals surface area contributed by atoms with Crippen LogP contribution in [0, 0.1) is 11.7 Å². The third kappa shape index (κ3) is 3.76. The number of benzene rings is 1. The van der Waals surface area contributed by atoms with Gasteiger partial charge in [-0.2, -0.15) is 11.8 Å². The summed E-state index contributed by atoms with van der Waals surface area (Å²) in [6.07, 6.45) is 2.06. The van der Waals surface area contributed by atoms with E-state index in [0.29, 0.717) is 17.3 Å². The Morgan fingerprint density at radius 3 is 2.88 bits per heavy atom. The van der Waals surface area contributed by atoms with Crippen molar-refractivity contribution in [3.05, 3.63) is 23.0 Å². The van der Waals surface area contributed by atoms with Crippen molar-refractivity contribution in [3.63, 3.8) is 0 Å². The Balaban J connectivity index is 2.63. The molecular formula is C11H16ClFN2S. The minimum Gasteiger partial charge on any atom is -0.397 e. The quantitative estimate of drug-likeness (QED) is 0.798. The predicted molar refractivity (Wildman–Crippen MR) is 71.9 cm³/mol. The van der Waals surface area contributed by atoms with Crippen molar-refractivity contribution in [2.45, 2.75) is 6.92 Å². The molecule has 90 valence electrons. The smallest absolute Gasteiger partial charge is 0.143 e. The van der Waals surface area contributed by atoms with Crippen LogP contribution in [-0.4, -0.2) is 18.6 Å². The van der Waals surface area contributed by atoms with Crippen molar-refractivity contribution >= 4 is 34.7 Å². The Kier molecular flexibility index (Phi) is 5.22. The van der Waals surface area contributed by atoms with Crippen LogP contribution < -0.4 is 11.1 Å². The molecule has 0 saturated carbocycles. The molecule has 16 heavy (non-hydrogen) atoms. The molecule has 0 bridgehead atoms. The van der Waals surface area contributed by atoms with Crippen LogP contribution in [0.5, 0.6) is 0 Å². The summed E-state index contributed by atoms with van der Waals surface area (Å²) in [6.45, 7) is 2.90. The molecule has 0 aliphatic rings. The van der Waals surface area contributed by atoms with E-state index >= 15 is 0 Å². The van der Waals surface area contributed by atoms with Crippen LogP contribution in [0.2, 0.25) is 5.02 Å². The van der Waals surface area contributed by atoms with Crippen LogP contribution in [0.1, 0.15) is 6.92 Å². The number of hydrogen-bond acceptors (Lipinski definition) is 3. The minimum absolute atomic E-state index is 0.0558. The predicted octanol–water partition coefficient (Wildman–Crippen LogP) is 3.47. The Labute approximate surface area is 105 Å². The zero-order valence-electron chi connectivity index (χ0n) is 9.39. The fourth-order valence-corrected chi connectivity index (χ4v) is 2.20. The highest BCUT2D eigenvalue weighted by Crippen LogP contribution is 2.26. The van der Waals surface area contributed by atoms with Gasteiger partial charge in [0.25, 0.3) is 0 Å². The van der Waals surface area contributed by atoms with E-state index in [4.69, 9.17) is 17.3 Å². The highest BCUT2D eigenvalue weighted by molar-refractivity contribution is 7.98. The molecule has 1 unspecified atom stereocenters. The fraction of sp³-hybridized carbons (Fsp3) is 0.455. The maximum Gasteiger partial charge on any atom is 0.143 e. The molecule has 0 fully saturated rings. The maximum absolute atomic E-state index is 13.2. The van der Waals surface area contributed by atoms with Crippen molar-refractivity contribution in [2.75, 3.05) is 29.6 Å². The molecule has 0 heterocycles. The molecule has 0 aromatic heterocycles. The first-order valence-corrected chi connectivity index (χ1v) is 6.79. The summed E-state index contributed by atoms with van der Waals surface area (Å²) >= 11 is 7.40. The molecule has 3 N–H and O–H groups in total. The zero-order valence-corrected chi connectivity index (χ0v) is 11.0. The van der Waals surface area contributed by atoms with Crippen molar-refractivity contribution in [1.82, 2.24) is 0 Å². The lowest BCUT2D eigenvalue weighted by Gasteiger charge is -2.14. The van der Waals surface area contributed by atoms with Crippen molar-refractivity contribution in [2.24, 2.45) is 5.92 Å². The van der Waals surface area contributed by atoms with E-state index in [9.17, 15) is 4.39 Å². The van der Waals surface area contributed by atoms with Gasteiger partial charge in [-0.15, -0.1) is 0 Å². The van der Waals surface area contributed by atoms with Gasteiger partial charge in [0.1, 0.15) is 5.82 Å². The third-order valence-electron chi connectivity index (χ3n) is 2.18. The van der Waals surface area contributed by atoms with E-state index in [1.807, 2.05) is 0 Å². The molecule has 2 nitrogen and oxygen atoms in total. The molecule has 1 aromatic rings. The summed E-state index contributed by atoms with van der Waals surface area (Å²) in [7, 11) is 0. The zero-order chi connectivity index (χ0) is 12.1. The monoisotopic (exact) mass is 262 g/mol. The lowest BCUT2D eigenvalue weighted by atomic mass is 10.2. The average Bonchev–Trinajstić information content (AvgIpc) is 2.22. The van der Waals surface area contributed by atoms with Crippen LogP contribution in [0.15, 0.2) is 12.1 Å². The molecule has 0 aliphatic heterocycles. The van der Waals surface area contributed by atoms with Crippen LogP contribution in [0.25, 0.3) is 0 Å². The van der Waals surface area contributed by atoms with E-state index < -0.39 is 5.82 Å². The first-order valence-electron chi connectivity index (χ1n) is 5.02. The average molecular weight is 263 g/mol. The van der Waals surface area contributed by atoms with Gasteiger partial charge in [-0.05, 0) is 24.0 Å². The van der Waals surface area contributed by atoms with Gasteiger partial charge in [0.2, 0.25) is 0 Å². The number of nitrogens with one attached hydrogen (secondary N) is 1. The van der Waals surface area contributed by atoms with Crippen molar-refractivity contribution in [3.8, 4) is 0 Å². The van der Waals surface area contributed by atoms with Gasteiger partial charge in [0.05, 0.1) is 16.4 Å². The number of anilines is 2. The number of hydrogen-bond donors (Lipinski definition) is 2. The summed E-state index contributed by atoms with van der Waals surface area (Å²) in [6, 6.07) is 2.77. The van der Waals surface area contributed by atoms with Crippen LogP contribution in [0.3, 0.4) is 0 Å². The van der Waals surface area contributed by atoms with E-state index in [0.717, 1.165) is 12.3 Å². The highest BCUT2D eigenvalue weighted by Gasteiger charge is 2.07. The second-order valence-electron chi connectivity index (χ2n) is 3.79. The molecule has 0 saturated heterocycles. The van der Waals surface area contributed by atoms with E-state index in [2.05, 4.69) is 18.5 Å². The van der Waals surface area contributed by atoms with Gasteiger partial charge in [0.15, 0.2) is 0 Å². The van der Waals surface area contributed by atoms with Gasteiger partial charge in [-0.3, -0.25) is 0 Å². The summed E-state index contributed by atoms with van der Waals surface area (Å²) in [5, 5.41) is 3.18. The van der Waals surface area contributed by atoms with Crippen LogP contribution in [0.4, 0.5) is 15.8 Å². The molecule has 0 amide bonds. The van der Waals surface area contributed by atoms with Crippen LogP contribution in [-0.2, 0) is 0 Å². The second-order valence-corrected chi connectivity index (χ2v) is 5.11. The summed E-state index contributed by atoms with van der Waals surface area (Å²) in [4.78, 5) is 0. The molecule has 1 atom stereocenters. The Morgan fingerprint density at radius 1 is 1.56 bits per heavy atom. The number of thioether (sulfide) groups is 1. The van der Waals surface area contributed by atoms with Gasteiger partial charge >= 0.3 is 0 Å². The molecule has 1 aromatic carbocycles. The summed E-state index contributed by atoms with van der Waals surface area (Å²) in [5.41, 5.74) is 6.81. The standard InChI is InChI=1S/C11H16ClFN2S/c1-7(6-16-2)5-15-11-4-9(13)8(12)3-10(11)14/h3-4,7,15H,5-6,14H2,1-2H3. The lowest BCUT2D eigenvalue weighted by molar-refractivity contribution is 0.628. The van der Waals surface area contributed by atoms with Gasteiger partial charge in [-0.25, -0.2) is 4.39 Å². The molecule has 1 rings (SSSR count). The number of halogens is 2. The molecule has 0 spiro atoms. The Hall–Kier alpha value is -0.610. The van der Waals surface area contributed by atoms with Gasteiger partial charge in [0, 0.05) is 12.6 Å². The van der Waals surface area contributed by atoms with Crippen LogP contribution >= 0.6 is 23.4 Å². The Morgan fingerprint density at radius 2 is 2.25 bits per heavy atom. The third-order valence-corrected chi connectivity index (χ3v) is 3.38. The number of rotatable bonds is 5. The molecular weight excluding hydrogens is 247 g/mol. The number of nitrogen functional groups attached to an aromatic ring is 1. The van der Waals surface area contributed by atoms with Crippen molar-refractivity contribution < 1.29 is 4.39 Å². The summed E-state index contributed by atoms with van der Waals surface area (Å²) in [5.74, 6) is 1.12. The second kappa shape index (κ2) is 6.21. The normalized spacial score (nSPS) is 12.5. The van der Waals surface area contributed by atoms with E-state index in [1.165, 1.54) is 12.1 Å². The Bertz CT molecular complexity index is 360. The van der Waals surface area contributed by atoms with E-state index in [-0.39, 0.29) is 5.02 Å². The highest BCUT2D eigenvalue weighted by atomic mass is 35.5. The topological polar surface area (TPSA) is 38.0 Å². The van der Waals surface area contributed by atoms with E-state index in [1.54, 1.807) is 11.8 Å². The fourth-order valence-electron chi connectivity index (χ4n) is 1.34. The van der Waals surface area contributed by atoms with Gasteiger partial charge < -0.3 is 11.1 Å².